The monoisotopic (exact) mass is 309 g/mol. The molecule has 0 atom stereocenters. The molecule has 1 aromatic carbocycles. The summed E-state index contributed by atoms with van der Waals surface area (Å²) < 4.78 is 10.9. The van der Waals surface area contributed by atoms with Gasteiger partial charge in [0.1, 0.15) is 0 Å². The highest BCUT2D eigenvalue weighted by molar-refractivity contribution is 6.34. The molecule has 5 nitrogen and oxygen atoms in total. The van der Waals surface area contributed by atoms with Crippen molar-refractivity contribution in [2.75, 3.05) is 6.61 Å². The van der Waals surface area contributed by atoms with Gasteiger partial charge in [-0.2, -0.15) is 15.0 Å². The van der Waals surface area contributed by atoms with E-state index >= 15 is 0 Å². The SMILES string of the molecule is CCOc1nc(Cl)nc(-c2cc3cccc(Cl)c3o2)n1. The van der Waals surface area contributed by atoms with Gasteiger partial charge in [0.15, 0.2) is 11.3 Å². The lowest BCUT2D eigenvalue weighted by atomic mass is 10.2. The second-order valence-electron chi connectivity index (χ2n) is 3.91. The molecule has 20 heavy (non-hydrogen) atoms. The predicted octanol–water partition coefficient (Wildman–Crippen LogP) is 3.99. The molecule has 0 radical (unpaired) electrons. The third-order valence-corrected chi connectivity index (χ3v) is 3.04. The van der Waals surface area contributed by atoms with Crippen LogP contribution in [0, 0.1) is 0 Å². The molecule has 0 bridgehead atoms. The molecular formula is C13H9Cl2N3O2. The minimum absolute atomic E-state index is 0.0463. The Bertz CT molecular complexity index is 773. The molecule has 0 spiro atoms. The molecule has 0 N–H and O–H groups in total. The van der Waals surface area contributed by atoms with E-state index in [2.05, 4.69) is 15.0 Å². The molecule has 0 fully saturated rings. The van der Waals surface area contributed by atoms with E-state index in [0.29, 0.717) is 28.8 Å². The molecule has 0 aliphatic rings. The molecule has 2 aromatic heterocycles. The maximum atomic E-state index is 6.07. The molecule has 0 unspecified atom stereocenters. The Balaban J connectivity index is 2.12. The van der Waals surface area contributed by atoms with Crippen molar-refractivity contribution in [3.05, 3.63) is 34.6 Å². The summed E-state index contributed by atoms with van der Waals surface area (Å²) in [5.74, 6) is 0.763. The normalized spacial score (nSPS) is 10.9. The zero-order valence-corrected chi connectivity index (χ0v) is 11.9. The van der Waals surface area contributed by atoms with Gasteiger partial charge in [-0.25, -0.2) is 0 Å². The highest BCUT2D eigenvalue weighted by atomic mass is 35.5. The lowest BCUT2D eigenvalue weighted by Crippen LogP contribution is -2.00. The number of hydrogen-bond acceptors (Lipinski definition) is 5. The van der Waals surface area contributed by atoms with Crippen molar-refractivity contribution in [3.63, 3.8) is 0 Å². The summed E-state index contributed by atoms with van der Waals surface area (Å²) in [4.78, 5) is 12.1. The second-order valence-corrected chi connectivity index (χ2v) is 4.66. The number of aromatic nitrogens is 3. The average Bonchev–Trinajstić information content (AvgIpc) is 2.84. The van der Waals surface area contributed by atoms with Crippen molar-refractivity contribution in [3.8, 4) is 17.6 Å². The van der Waals surface area contributed by atoms with Crippen molar-refractivity contribution >= 4 is 34.2 Å². The van der Waals surface area contributed by atoms with E-state index in [1.54, 1.807) is 12.1 Å². The Morgan fingerprint density at radius 2 is 2.05 bits per heavy atom. The molecular weight excluding hydrogens is 301 g/mol. The van der Waals surface area contributed by atoms with Crippen LogP contribution in [-0.2, 0) is 0 Å². The van der Waals surface area contributed by atoms with Gasteiger partial charge in [-0.3, -0.25) is 0 Å². The third-order valence-electron chi connectivity index (χ3n) is 2.58. The topological polar surface area (TPSA) is 61.0 Å². The number of rotatable bonds is 3. The van der Waals surface area contributed by atoms with Gasteiger partial charge in [0.05, 0.1) is 11.6 Å². The second kappa shape index (κ2) is 5.26. The molecule has 0 saturated heterocycles. The number of benzene rings is 1. The first-order valence-electron chi connectivity index (χ1n) is 5.90. The third kappa shape index (κ3) is 2.42. The lowest BCUT2D eigenvalue weighted by molar-refractivity contribution is 0.311. The van der Waals surface area contributed by atoms with Crippen molar-refractivity contribution in [1.82, 2.24) is 15.0 Å². The number of furan rings is 1. The van der Waals surface area contributed by atoms with Gasteiger partial charge < -0.3 is 9.15 Å². The van der Waals surface area contributed by atoms with Crippen LogP contribution < -0.4 is 4.74 Å². The van der Waals surface area contributed by atoms with E-state index in [1.165, 1.54) is 0 Å². The Morgan fingerprint density at radius 3 is 2.80 bits per heavy atom. The summed E-state index contributed by atoms with van der Waals surface area (Å²) in [6, 6.07) is 7.44. The Kier molecular flexibility index (Phi) is 3.46. The average molecular weight is 310 g/mol. The van der Waals surface area contributed by atoms with Crippen LogP contribution in [0.1, 0.15) is 6.92 Å². The van der Waals surface area contributed by atoms with E-state index in [1.807, 2.05) is 19.1 Å². The first kappa shape index (κ1) is 13.1. The Hall–Kier alpha value is -1.85. The number of hydrogen-bond donors (Lipinski definition) is 0. The van der Waals surface area contributed by atoms with Gasteiger partial charge in [0.2, 0.25) is 11.1 Å². The minimum atomic E-state index is 0.0463. The van der Waals surface area contributed by atoms with Crippen LogP contribution in [0.25, 0.3) is 22.6 Å². The zero-order chi connectivity index (χ0) is 14.1. The van der Waals surface area contributed by atoms with E-state index in [-0.39, 0.29) is 11.3 Å². The van der Waals surface area contributed by atoms with Crippen LogP contribution >= 0.6 is 23.2 Å². The summed E-state index contributed by atoms with van der Waals surface area (Å²) >= 11 is 11.9. The molecule has 7 heteroatoms. The van der Waals surface area contributed by atoms with E-state index in [9.17, 15) is 0 Å². The van der Waals surface area contributed by atoms with Gasteiger partial charge in [0, 0.05) is 5.39 Å². The van der Waals surface area contributed by atoms with Crippen molar-refractivity contribution in [2.45, 2.75) is 6.92 Å². The number of fused-ring (bicyclic) bond motifs is 1. The fourth-order valence-electron chi connectivity index (χ4n) is 1.77. The largest absolute Gasteiger partial charge is 0.464 e. The summed E-state index contributed by atoms with van der Waals surface area (Å²) in [7, 11) is 0. The lowest BCUT2D eigenvalue weighted by Gasteiger charge is -2.02. The Morgan fingerprint density at radius 1 is 1.20 bits per heavy atom. The highest BCUT2D eigenvalue weighted by Crippen LogP contribution is 2.31. The zero-order valence-electron chi connectivity index (χ0n) is 10.4. The van der Waals surface area contributed by atoms with Gasteiger partial charge in [-0.15, -0.1) is 0 Å². The molecule has 0 aliphatic heterocycles. The molecule has 0 aliphatic carbocycles. The first-order chi connectivity index (χ1) is 9.67. The van der Waals surface area contributed by atoms with Crippen molar-refractivity contribution in [1.29, 1.82) is 0 Å². The van der Waals surface area contributed by atoms with Gasteiger partial charge in [0.25, 0.3) is 0 Å². The van der Waals surface area contributed by atoms with Crippen LogP contribution in [0.2, 0.25) is 10.3 Å². The van der Waals surface area contributed by atoms with E-state index in [0.717, 1.165) is 5.39 Å². The van der Waals surface area contributed by atoms with E-state index < -0.39 is 0 Å². The maximum absolute atomic E-state index is 6.07. The van der Waals surface area contributed by atoms with Crippen LogP contribution in [0.5, 0.6) is 6.01 Å². The highest BCUT2D eigenvalue weighted by Gasteiger charge is 2.14. The molecule has 3 aromatic rings. The summed E-state index contributed by atoms with van der Waals surface area (Å²) in [6.45, 7) is 2.27. The van der Waals surface area contributed by atoms with Crippen LogP contribution in [0.4, 0.5) is 0 Å². The van der Waals surface area contributed by atoms with E-state index in [4.69, 9.17) is 32.4 Å². The standard InChI is InChI=1S/C13H9Cl2N3O2/c1-2-19-13-17-11(16-12(15)18-13)9-6-7-4-3-5-8(14)10(7)20-9/h3-6H,2H2,1H3. The fourth-order valence-corrected chi connectivity index (χ4v) is 2.15. The van der Waals surface area contributed by atoms with Gasteiger partial charge in [-0.1, -0.05) is 23.7 Å². The van der Waals surface area contributed by atoms with Gasteiger partial charge in [-0.05, 0) is 30.7 Å². The fraction of sp³-hybridized carbons (Fsp3) is 0.154. The maximum Gasteiger partial charge on any atom is 0.321 e. The molecule has 102 valence electrons. The number of nitrogens with zero attached hydrogens (tertiary/aromatic N) is 3. The van der Waals surface area contributed by atoms with Gasteiger partial charge >= 0.3 is 6.01 Å². The number of halogens is 2. The summed E-state index contributed by atoms with van der Waals surface area (Å²) in [5, 5.41) is 1.44. The van der Waals surface area contributed by atoms with Crippen LogP contribution in [-0.4, -0.2) is 21.6 Å². The van der Waals surface area contributed by atoms with Crippen molar-refractivity contribution in [2.24, 2.45) is 0 Å². The number of ether oxygens (including phenoxy) is 1. The molecule has 0 amide bonds. The minimum Gasteiger partial charge on any atom is -0.464 e. The molecule has 2 heterocycles. The smallest absolute Gasteiger partial charge is 0.321 e. The quantitative estimate of drug-likeness (QED) is 0.732. The predicted molar refractivity (Wildman–Crippen MR) is 76.2 cm³/mol. The molecule has 3 rings (SSSR count). The number of para-hydroxylation sites is 1. The van der Waals surface area contributed by atoms with Crippen LogP contribution in [0.3, 0.4) is 0 Å². The first-order valence-corrected chi connectivity index (χ1v) is 6.66. The van der Waals surface area contributed by atoms with Crippen molar-refractivity contribution < 1.29 is 9.15 Å². The Labute approximate surface area is 124 Å². The summed E-state index contributed by atoms with van der Waals surface area (Å²) in [5.41, 5.74) is 0.582. The van der Waals surface area contributed by atoms with Crippen LogP contribution in [0.15, 0.2) is 28.7 Å². The molecule has 0 saturated carbocycles. The summed E-state index contributed by atoms with van der Waals surface area (Å²) in [6.07, 6.45) is 0.